The summed E-state index contributed by atoms with van der Waals surface area (Å²) in [6, 6.07) is 12.8. The third-order valence-electron chi connectivity index (χ3n) is 7.41. The molecule has 2 aliphatic heterocycles. The molecule has 1 atom stereocenters. The monoisotopic (exact) mass is 533 g/mol. The summed E-state index contributed by atoms with van der Waals surface area (Å²) in [5.41, 5.74) is 2.51. The van der Waals surface area contributed by atoms with Crippen molar-refractivity contribution in [2.75, 3.05) is 26.7 Å². The zero-order chi connectivity index (χ0) is 26.8. The van der Waals surface area contributed by atoms with Gasteiger partial charge in [-0.15, -0.1) is 0 Å². The Bertz CT molecular complexity index is 1480. The van der Waals surface area contributed by atoms with E-state index in [0.717, 1.165) is 30.4 Å². The van der Waals surface area contributed by atoms with E-state index in [9.17, 15) is 14.4 Å². The Morgan fingerprint density at radius 3 is 2.61 bits per heavy atom. The van der Waals surface area contributed by atoms with Crippen LogP contribution in [0.3, 0.4) is 0 Å². The number of carbonyl (C=O) groups is 2. The van der Waals surface area contributed by atoms with Crippen LogP contribution in [0.5, 0.6) is 0 Å². The van der Waals surface area contributed by atoms with E-state index >= 15 is 0 Å². The first kappa shape index (κ1) is 25.9. The number of rotatable bonds is 6. The molecule has 2 fully saturated rings. The quantitative estimate of drug-likeness (QED) is 0.482. The van der Waals surface area contributed by atoms with Crippen molar-refractivity contribution in [1.82, 2.24) is 19.4 Å². The highest BCUT2D eigenvalue weighted by atomic mass is 35.5. The SMILES string of the molecule is CN(Cc1ccc(C#N)c(Cl)c1)C(=O)Cn1cnc2ccc(C3CCN(C(=O)[C@@H]4CCO4)CC3)cc2c1=O. The molecule has 10 heteroatoms. The van der Waals surface area contributed by atoms with Crippen molar-refractivity contribution in [1.29, 1.82) is 5.26 Å². The van der Waals surface area contributed by atoms with Gasteiger partial charge in [-0.05, 0) is 54.2 Å². The molecule has 0 spiro atoms. The van der Waals surface area contributed by atoms with Gasteiger partial charge in [0.05, 0.1) is 34.4 Å². The zero-order valence-corrected chi connectivity index (χ0v) is 21.9. The molecule has 0 aliphatic carbocycles. The van der Waals surface area contributed by atoms with Crippen molar-refractivity contribution in [2.24, 2.45) is 0 Å². The summed E-state index contributed by atoms with van der Waals surface area (Å²) in [6.45, 7) is 2.14. The minimum atomic E-state index is -0.277. The number of amides is 2. The fraction of sp³-hybridized carbons (Fsp3) is 0.393. The summed E-state index contributed by atoms with van der Waals surface area (Å²) in [6.07, 6.45) is 3.56. The van der Waals surface area contributed by atoms with Gasteiger partial charge in [0, 0.05) is 33.1 Å². The van der Waals surface area contributed by atoms with Gasteiger partial charge in [-0.2, -0.15) is 5.26 Å². The number of hydrogen-bond acceptors (Lipinski definition) is 6. The van der Waals surface area contributed by atoms with E-state index in [2.05, 4.69) is 4.98 Å². The molecular weight excluding hydrogens is 506 g/mol. The second-order valence-electron chi connectivity index (χ2n) is 9.88. The predicted molar refractivity (Wildman–Crippen MR) is 142 cm³/mol. The number of piperidine rings is 1. The van der Waals surface area contributed by atoms with Crippen LogP contribution in [-0.4, -0.2) is 64.0 Å². The predicted octanol–water partition coefficient (Wildman–Crippen LogP) is 3.08. The molecule has 2 aromatic carbocycles. The van der Waals surface area contributed by atoms with E-state index in [-0.39, 0.29) is 42.5 Å². The van der Waals surface area contributed by atoms with E-state index < -0.39 is 0 Å². The Kier molecular flexibility index (Phi) is 7.45. The highest BCUT2D eigenvalue weighted by Gasteiger charge is 2.33. The van der Waals surface area contributed by atoms with Crippen LogP contribution >= 0.6 is 11.6 Å². The van der Waals surface area contributed by atoms with Gasteiger partial charge < -0.3 is 14.5 Å². The third kappa shape index (κ3) is 5.28. The second kappa shape index (κ2) is 10.9. The zero-order valence-electron chi connectivity index (χ0n) is 21.1. The largest absolute Gasteiger partial charge is 0.368 e. The Morgan fingerprint density at radius 1 is 1.18 bits per heavy atom. The Hall–Kier alpha value is -3.74. The maximum absolute atomic E-state index is 13.3. The number of likely N-dealkylation sites (N-methyl/N-ethyl adjacent to an activating group) is 1. The third-order valence-corrected chi connectivity index (χ3v) is 7.72. The molecule has 38 heavy (non-hydrogen) atoms. The van der Waals surface area contributed by atoms with Gasteiger partial charge in [0.2, 0.25) is 5.91 Å². The average Bonchev–Trinajstić information content (AvgIpc) is 2.89. The topological polar surface area (TPSA) is 109 Å². The van der Waals surface area contributed by atoms with Gasteiger partial charge in [0.15, 0.2) is 0 Å². The van der Waals surface area contributed by atoms with Crippen molar-refractivity contribution in [3.63, 3.8) is 0 Å². The number of benzene rings is 2. The summed E-state index contributed by atoms with van der Waals surface area (Å²) in [4.78, 5) is 46.4. The minimum absolute atomic E-state index is 0.0808. The number of aromatic nitrogens is 2. The van der Waals surface area contributed by atoms with Crippen LogP contribution in [0.15, 0.2) is 47.5 Å². The lowest BCUT2D eigenvalue weighted by Gasteiger charge is -2.36. The molecule has 3 heterocycles. The lowest BCUT2D eigenvalue weighted by molar-refractivity contribution is -0.157. The van der Waals surface area contributed by atoms with Crippen LogP contribution in [0, 0.1) is 11.3 Å². The van der Waals surface area contributed by atoms with Gasteiger partial charge in [-0.25, -0.2) is 4.98 Å². The molecule has 0 radical (unpaired) electrons. The summed E-state index contributed by atoms with van der Waals surface area (Å²) >= 11 is 6.11. The Balaban J connectivity index is 1.26. The molecule has 2 saturated heterocycles. The molecule has 9 nitrogen and oxygen atoms in total. The molecule has 3 aromatic rings. The molecule has 0 saturated carbocycles. The second-order valence-corrected chi connectivity index (χ2v) is 10.3. The molecule has 2 amide bonds. The molecule has 196 valence electrons. The fourth-order valence-electron chi connectivity index (χ4n) is 4.99. The minimum Gasteiger partial charge on any atom is -0.368 e. The number of ether oxygens (including phenoxy) is 1. The van der Waals surface area contributed by atoms with Crippen LogP contribution in [-0.2, 0) is 27.4 Å². The first-order chi connectivity index (χ1) is 18.3. The number of likely N-dealkylation sites (tertiary alicyclic amines) is 1. The van der Waals surface area contributed by atoms with Gasteiger partial charge >= 0.3 is 0 Å². The summed E-state index contributed by atoms with van der Waals surface area (Å²) in [5.74, 6) is 0.0698. The fourth-order valence-corrected chi connectivity index (χ4v) is 5.23. The Labute approximate surface area is 225 Å². The summed E-state index contributed by atoms with van der Waals surface area (Å²) < 4.78 is 6.67. The highest BCUT2D eigenvalue weighted by molar-refractivity contribution is 6.31. The molecule has 0 unspecified atom stereocenters. The Morgan fingerprint density at radius 2 is 1.95 bits per heavy atom. The number of nitriles is 1. The lowest BCUT2D eigenvalue weighted by Crippen LogP contribution is -2.48. The molecule has 0 N–H and O–H groups in total. The molecule has 0 bridgehead atoms. The van der Waals surface area contributed by atoms with E-state index in [0.29, 0.717) is 41.2 Å². The van der Waals surface area contributed by atoms with E-state index in [1.807, 2.05) is 29.2 Å². The standard InChI is InChI=1S/C28H28ClN5O4/c1-32(15-18-2-3-21(14-30)23(29)12-18)26(35)16-34-17-31-24-5-4-20(13-22(24)27(34)36)19-6-9-33(10-7-19)28(37)25-8-11-38-25/h2-5,12-13,17,19,25H,6-11,15-16H2,1H3/t25-/m0/s1. The normalized spacial score (nSPS) is 17.6. The van der Waals surface area contributed by atoms with Crippen molar-refractivity contribution in [3.05, 3.63) is 74.8 Å². The molecule has 1 aromatic heterocycles. The number of carbonyl (C=O) groups excluding carboxylic acids is 2. The van der Waals surface area contributed by atoms with E-state index in [4.69, 9.17) is 21.6 Å². The first-order valence-electron chi connectivity index (χ1n) is 12.7. The first-order valence-corrected chi connectivity index (χ1v) is 13.0. The van der Waals surface area contributed by atoms with Gasteiger partial charge in [0.1, 0.15) is 18.7 Å². The van der Waals surface area contributed by atoms with Crippen LogP contribution in [0.2, 0.25) is 5.02 Å². The maximum Gasteiger partial charge on any atom is 0.261 e. The smallest absolute Gasteiger partial charge is 0.261 e. The summed E-state index contributed by atoms with van der Waals surface area (Å²) in [7, 11) is 1.65. The van der Waals surface area contributed by atoms with E-state index in [1.165, 1.54) is 15.8 Å². The van der Waals surface area contributed by atoms with Crippen LogP contribution < -0.4 is 5.56 Å². The van der Waals surface area contributed by atoms with Gasteiger partial charge in [-0.3, -0.25) is 19.0 Å². The molecular formula is C28H28ClN5O4. The van der Waals surface area contributed by atoms with Crippen LogP contribution in [0.4, 0.5) is 0 Å². The number of fused-ring (bicyclic) bond motifs is 1. The summed E-state index contributed by atoms with van der Waals surface area (Å²) in [5, 5.41) is 9.85. The van der Waals surface area contributed by atoms with Crippen molar-refractivity contribution in [2.45, 2.75) is 44.4 Å². The van der Waals surface area contributed by atoms with Crippen LogP contribution in [0.1, 0.15) is 41.9 Å². The molecule has 2 aliphatic rings. The van der Waals surface area contributed by atoms with Gasteiger partial charge in [-0.1, -0.05) is 23.7 Å². The molecule has 5 rings (SSSR count). The van der Waals surface area contributed by atoms with Crippen LogP contribution in [0.25, 0.3) is 10.9 Å². The van der Waals surface area contributed by atoms with E-state index in [1.54, 1.807) is 25.2 Å². The highest BCUT2D eigenvalue weighted by Crippen LogP contribution is 2.30. The maximum atomic E-state index is 13.3. The number of nitrogens with zero attached hydrogens (tertiary/aromatic N) is 5. The van der Waals surface area contributed by atoms with Crippen molar-refractivity contribution >= 4 is 34.3 Å². The van der Waals surface area contributed by atoms with Crippen molar-refractivity contribution < 1.29 is 14.3 Å². The van der Waals surface area contributed by atoms with Crippen molar-refractivity contribution in [3.8, 4) is 6.07 Å². The average molecular weight is 534 g/mol. The van der Waals surface area contributed by atoms with Gasteiger partial charge in [0.25, 0.3) is 11.5 Å². The lowest BCUT2D eigenvalue weighted by atomic mass is 9.88. The number of hydrogen-bond donors (Lipinski definition) is 0. The number of halogens is 1.